The van der Waals surface area contributed by atoms with Crippen molar-refractivity contribution >= 4 is 27.5 Å². The molecule has 8 nitrogen and oxygen atoms in total. The molecular weight excluding hydrogens is 406 g/mol. The zero-order valence-corrected chi connectivity index (χ0v) is 17.9. The summed E-state index contributed by atoms with van der Waals surface area (Å²) in [6, 6.07) is 9.74. The number of anilines is 1. The van der Waals surface area contributed by atoms with Gasteiger partial charge in [-0.2, -0.15) is 0 Å². The molecule has 9 heteroatoms. The third-order valence-electron chi connectivity index (χ3n) is 4.88. The van der Waals surface area contributed by atoms with Gasteiger partial charge >= 0.3 is 5.97 Å². The van der Waals surface area contributed by atoms with E-state index in [0.29, 0.717) is 50.6 Å². The van der Waals surface area contributed by atoms with Crippen LogP contribution in [0, 0.1) is 0 Å². The van der Waals surface area contributed by atoms with Crippen molar-refractivity contribution in [2.75, 3.05) is 43.9 Å². The van der Waals surface area contributed by atoms with E-state index in [1.54, 1.807) is 42.2 Å². The number of carbonyl (C=O) groups excluding carboxylic acids is 2. The van der Waals surface area contributed by atoms with E-state index in [1.807, 2.05) is 4.90 Å². The van der Waals surface area contributed by atoms with Gasteiger partial charge in [0, 0.05) is 38.6 Å². The number of rotatable bonds is 5. The Labute approximate surface area is 176 Å². The van der Waals surface area contributed by atoms with Gasteiger partial charge in [0.05, 0.1) is 22.6 Å². The summed E-state index contributed by atoms with van der Waals surface area (Å²) in [5, 5.41) is 0. The first-order chi connectivity index (χ1) is 14.3. The zero-order chi connectivity index (χ0) is 21.7. The third-order valence-corrected chi connectivity index (χ3v) is 6.04. The molecule has 0 bridgehead atoms. The van der Waals surface area contributed by atoms with Crippen molar-refractivity contribution in [1.82, 2.24) is 9.88 Å². The van der Waals surface area contributed by atoms with E-state index >= 15 is 0 Å². The molecule has 1 aromatic heterocycles. The summed E-state index contributed by atoms with van der Waals surface area (Å²) in [5.41, 5.74) is 0.593. The normalized spacial score (nSPS) is 14.9. The van der Waals surface area contributed by atoms with E-state index in [2.05, 4.69) is 4.98 Å². The lowest BCUT2D eigenvalue weighted by atomic mass is 10.2. The molecule has 1 aliphatic rings. The minimum absolute atomic E-state index is 0.0484. The van der Waals surface area contributed by atoms with Gasteiger partial charge in [-0.25, -0.2) is 18.2 Å². The predicted octanol–water partition coefficient (Wildman–Crippen LogP) is 2.01. The number of hydrogen-bond acceptors (Lipinski definition) is 7. The molecule has 1 saturated heterocycles. The standard InChI is InChI=1S/C21H25N3O5S/c1-3-29-21(26)16-9-10-19(22-15-16)23-11-6-12-24(14-13-23)20(25)17-7-4-5-8-18(17)30(2,27)28/h4-5,7-10,15H,3,6,11-14H2,1-2H3. The van der Waals surface area contributed by atoms with Crippen LogP contribution >= 0.6 is 0 Å². The second kappa shape index (κ2) is 9.25. The van der Waals surface area contributed by atoms with Gasteiger partial charge in [-0.1, -0.05) is 12.1 Å². The fourth-order valence-electron chi connectivity index (χ4n) is 3.39. The number of amides is 1. The van der Waals surface area contributed by atoms with Gasteiger partial charge in [0.25, 0.3) is 5.91 Å². The number of ether oxygens (including phenoxy) is 1. The molecule has 30 heavy (non-hydrogen) atoms. The van der Waals surface area contributed by atoms with E-state index in [0.717, 1.165) is 6.26 Å². The topological polar surface area (TPSA) is 96.9 Å². The molecule has 0 radical (unpaired) electrons. The average Bonchev–Trinajstić information content (AvgIpc) is 2.99. The molecule has 2 aromatic rings. The molecule has 1 aliphatic heterocycles. The Balaban J connectivity index is 1.71. The van der Waals surface area contributed by atoms with Crippen LogP contribution in [-0.4, -0.2) is 69.2 Å². The number of benzene rings is 1. The Morgan fingerprint density at radius 2 is 1.83 bits per heavy atom. The van der Waals surface area contributed by atoms with E-state index in [1.165, 1.54) is 12.3 Å². The molecule has 0 saturated carbocycles. The molecule has 0 N–H and O–H groups in total. The van der Waals surface area contributed by atoms with Gasteiger partial charge in [0.2, 0.25) is 0 Å². The smallest absolute Gasteiger partial charge is 0.339 e. The van der Waals surface area contributed by atoms with Crippen molar-refractivity contribution in [2.24, 2.45) is 0 Å². The van der Waals surface area contributed by atoms with Crippen LogP contribution in [0.3, 0.4) is 0 Å². The zero-order valence-electron chi connectivity index (χ0n) is 17.1. The molecular formula is C21H25N3O5S. The van der Waals surface area contributed by atoms with Crippen LogP contribution in [0.1, 0.15) is 34.1 Å². The Morgan fingerprint density at radius 1 is 1.07 bits per heavy atom. The number of carbonyl (C=O) groups is 2. The maximum atomic E-state index is 13.0. The summed E-state index contributed by atoms with van der Waals surface area (Å²) >= 11 is 0. The monoisotopic (exact) mass is 431 g/mol. The highest BCUT2D eigenvalue weighted by molar-refractivity contribution is 7.90. The number of pyridine rings is 1. The van der Waals surface area contributed by atoms with Crippen LogP contribution in [0.4, 0.5) is 5.82 Å². The Morgan fingerprint density at radius 3 is 2.50 bits per heavy atom. The van der Waals surface area contributed by atoms with E-state index in [9.17, 15) is 18.0 Å². The highest BCUT2D eigenvalue weighted by Crippen LogP contribution is 2.20. The summed E-state index contributed by atoms with van der Waals surface area (Å²) in [4.78, 5) is 32.9. The average molecular weight is 432 g/mol. The van der Waals surface area contributed by atoms with Gasteiger partial charge in [-0.15, -0.1) is 0 Å². The van der Waals surface area contributed by atoms with Gasteiger partial charge in [0.1, 0.15) is 5.82 Å². The van der Waals surface area contributed by atoms with Crippen molar-refractivity contribution in [3.63, 3.8) is 0 Å². The van der Waals surface area contributed by atoms with Crippen molar-refractivity contribution in [1.29, 1.82) is 0 Å². The number of hydrogen-bond donors (Lipinski definition) is 0. The Kier molecular flexibility index (Phi) is 6.71. The summed E-state index contributed by atoms with van der Waals surface area (Å²) in [6.07, 6.45) is 3.31. The summed E-state index contributed by atoms with van der Waals surface area (Å²) in [5.74, 6) is 0.0195. The quantitative estimate of drug-likeness (QED) is 0.668. The molecule has 3 rings (SSSR count). The lowest BCUT2D eigenvalue weighted by Gasteiger charge is -2.23. The predicted molar refractivity (Wildman–Crippen MR) is 112 cm³/mol. The molecule has 0 spiro atoms. The molecule has 0 unspecified atom stereocenters. The van der Waals surface area contributed by atoms with Crippen LogP contribution in [0.5, 0.6) is 0 Å². The second-order valence-corrected chi connectivity index (χ2v) is 9.01. The van der Waals surface area contributed by atoms with Crippen LogP contribution < -0.4 is 4.90 Å². The van der Waals surface area contributed by atoms with Crippen LogP contribution in [0.25, 0.3) is 0 Å². The van der Waals surface area contributed by atoms with Crippen molar-refractivity contribution < 1.29 is 22.7 Å². The number of sulfone groups is 1. The lowest BCUT2D eigenvalue weighted by molar-refractivity contribution is 0.0525. The highest BCUT2D eigenvalue weighted by atomic mass is 32.2. The first-order valence-electron chi connectivity index (χ1n) is 9.77. The van der Waals surface area contributed by atoms with Crippen molar-refractivity contribution in [3.05, 3.63) is 53.7 Å². The van der Waals surface area contributed by atoms with E-state index in [4.69, 9.17) is 4.74 Å². The van der Waals surface area contributed by atoms with Crippen LogP contribution in [0.15, 0.2) is 47.5 Å². The SMILES string of the molecule is CCOC(=O)c1ccc(N2CCCN(C(=O)c3ccccc3S(C)(=O)=O)CC2)nc1. The molecule has 1 amide bonds. The van der Waals surface area contributed by atoms with Gasteiger partial charge in [-0.3, -0.25) is 4.79 Å². The van der Waals surface area contributed by atoms with Gasteiger partial charge < -0.3 is 14.5 Å². The first kappa shape index (κ1) is 21.8. The molecule has 160 valence electrons. The second-order valence-electron chi connectivity index (χ2n) is 7.03. The fraction of sp³-hybridized carbons (Fsp3) is 0.381. The summed E-state index contributed by atoms with van der Waals surface area (Å²) < 4.78 is 29.1. The van der Waals surface area contributed by atoms with Gasteiger partial charge in [0.15, 0.2) is 9.84 Å². The Hall–Kier alpha value is -2.94. The number of esters is 1. The fourth-order valence-corrected chi connectivity index (χ4v) is 4.28. The Bertz CT molecular complexity index is 1020. The summed E-state index contributed by atoms with van der Waals surface area (Å²) in [7, 11) is -3.50. The number of nitrogens with zero attached hydrogens (tertiary/aromatic N) is 3. The number of aromatic nitrogens is 1. The third kappa shape index (κ3) is 4.96. The molecule has 2 heterocycles. The van der Waals surface area contributed by atoms with E-state index in [-0.39, 0.29) is 16.4 Å². The maximum absolute atomic E-state index is 13.0. The van der Waals surface area contributed by atoms with Crippen LogP contribution in [-0.2, 0) is 14.6 Å². The molecule has 0 atom stereocenters. The highest BCUT2D eigenvalue weighted by Gasteiger charge is 2.25. The first-order valence-corrected chi connectivity index (χ1v) is 11.7. The van der Waals surface area contributed by atoms with Crippen molar-refractivity contribution in [3.8, 4) is 0 Å². The molecule has 1 aromatic carbocycles. The maximum Gasteiger partial charge on any atom is 0.339 e. The van der Waals surface area contributed by atoms with E-state index < -0.39 is 15.8 Å². The van der Waals surface area contributed by atoms with Crippen LogP contribution in [0.2, 0.25) is 0 Å². The largest absolute Gasteiger partial charge is 0.462 e. The summed E-state index contributed by atoms with van der Waals surface area (Å²) in [6.45, 7) is 4.27. The minimum atomic E-state index is -3.50. The molecule has 1 fully saturated rings. The van der Waals surface area contributed by atoms with Crippen molar-refractivity contribution in [2.45, 2.75) is 18.2 Å². The lowest BCUT2D eigenvalue weighted by Crippen LogP contribution is -2.36. The minimum Gasteiger partial charge on any atom is -0.462 e. The molecule has 0 aliphatic carbocycles. The van der Waals surface area contributed by atoms with Gasteiger partial charge in [-0.05, 0) is 37.6 Å².